The topological polar surface area (TPSA) is 38.3 Å². The third-order valence-electron chi connectivity index (χ3n) is 1.85. The van der Waals surface area contributed by atoms with Crippen molar-refractivity contribution in [3.05, 3.63) is 40.6 Å². The molecule has 0 aliphatic carbocycles. The minimum Gasteiger partial charge on any atom is -0.494 e. The highest BCUT2D eigenvalue weighted by Gasteiger charge is 2.09. The highest BCUT2D eigenvalue weighted by Crippen LogP contribution is 2.17. The van der Waals surface area contributed by atoms with E-state index < -0.39 is 5.82 Å². The third kappa shape index (κ3) is 3.34. The van der Waals surface area contributed by atoms with E-state index in [-0.39, 0.29) is 17.2 Å². The molecule has 0 atom stereocenters. The second-order valence-corrected chi connectivity index (χ2v) is 4.17. The average molecular weight is 288 g/mol. The molecule has 0 bridgehead atoms. The zero-order valence-corrected chi connectivity index (χ0v) is 10.3. The van der Waals surface area contributed by atoms with Gasteiger partial charge in [0.1, 0.15) is 0 Å². The molecule has 0 aliphatic rings. The van der Waals surface area contributed by atoms with Gasteiger partial charge < -0.3 is 10.1 Å². The lowest BCUT2D eigenvalue weighted by atomic mass is 10.2. The summed E-state index contributed by atoms with van der Waals surface area (Å²) in [7, 11) is 1.37. The van der Waals surface area contributed by atoms with Crippen molar-refractivity contribution in [1.82, 2.24) is 5.32 Å². The number of benzene rings is 1. The number of hydrogen-bond donors (Lipinski definition) is 1. The van der Waals surface area contributed by atoms with Crippen molar-refractivity contribution < 1.29 is 13.9 Å². The van der Waals surface area contributed by atoms with E-state index in [0.29, 0.717) is 11.0 Å². The van der Waals surface area contributed by atoms with E-state index in [0.717, 1.165) is 6.07 Å². The number of hydrogen-bond acceptors (Lipinski definition) is 2. The molecule has 0 saturated carbocycles. The molecule has 1 aromatic carbocycles. The zero-order valence-electron chi connectivity index (χ0n) is 8.72. The molecule has 1 N–H and O–H groups in total. The molecule has 1 amide bonds. The van der Waals surface area contributed by atoms with Gasteiger partial charge in [0.2, 0.25) is 0 Å². The summed E-state index contributed by atoms with van der Waals surface area (Å²) < 4.78 is 18.7. The Balaban J connectivity index is 2.77. The van der Waals surface area contributed by atoms with Crippen LogP contribution in [0.5, 0.6) is 5.75 Å². The first-order valence-corrected chi connectivity index (χ1v) is 5.29. The summed E-state index contributed by atoms with van der Waals surface area (Å²) in [5.74, 6) is -0.809. The molecule has 0 aromatic heterocycles. The van der Waals surface area contributed by atoms with E-state index in [1.807, 2.05) is 0 Å². The van der Waals surface area contributed by atoms with E-state index in [1.54, 1.807) is 0 Å². The minimum absolute atomic E-state index is 0.112. The lowest BCUT2D eigenvalue weighted by molar-refractivity contribution is 0.0957. The van der Waals surface area contributed by atoms with Crippen molar-refractivity contribution in [2.75, 3.05) is 13.7 Å². The molecule has 0 spiro atoms. The Kier molecular flexibility index (Phi) is 4.49. The Morgan fingerprint density at radius 3 is 2.81 bits per heavy atom. The maximum Gasteiger partial charge on any atom is 0.251 e. The molecule has 3 nitrogen and oxygen atoms in total. The molecule has 86 valence electrons. The lowest BCUT2D eigenvalue weighted by Gasteiger charge is -2.06. The van der Waals surface area contributed by atoms with Crippen LogP contribution in [0.2, 0.25) is 0 Å². The van der Waals surface area contributed by atoms with Crippen molar-refractivity contribution in [2.24, 2.45) is 0 Å². The number of nitrogens with one attached hydrogen (secondary N) is 1. The highest BCUT2D eigenvalue weighted by atomic mass is 79.9. The van der Waals surface area contributed by atoms with Crippen molar-refractivity contribution >= 4 is 21.8 Å². The number of ether oxygens (including phenoxy) is 1. The molecule has 0 saturated heterocycles. The van der Waals surface area contributed by atoms with Crippen molar-refractivity contribution in [1.29, 1.82) is 0 Å². The van der Waals surface area contributed by atoms with Crippen molar-refractivity contribution in [3.8, 4) is 5.75 Å². The van der Waals surface area contributed by atoms with Gasteiger partial charge in [0.15, 0.2) is 11.6 Å². The van der Waals surface area contributed by atoms with Crippen LogP contribution in [-0.2, 0) is 0 Å². The number of carbonyl (C=O) groups is 1. The standard InChI is InChI=1S/C11H11BrFNO2/c1-7(12)6-14-11(15)8-3-4-10(16-2)9(13)5-8/h3-5H,1,6H2,2H3,(H,14,15). The lowest BCUT2D eigenvalue weighted by Crippen LogP contribution is -2.24. The van der Waals surface area contributed by atoms with E-state index in [1.165, 1.54) is 19.2 Å². The SMILES string of the molecule is C=C(Br)CNC(=O)c1ccc(OC)c(F)c1. The summed E-state index contributed by atoms with van der Waals surface area (Å²) in [4.78, 5) is 11.5. The number of carbonyl (C=O) groups excluding carboxylic acids is 1. The largest absolute Gasteiger partial charge is 0.494 e. The van der Waals surface area contributed by atoms with Gasteiger partial charge in [0.05, 0.1) is 7.11 Å². The number of amides is 1. The highest BCUT2D eigenvalue weighted by molar-refractivity contribution is 9.11. The van der Waals surface area contributed by atoms with E-state index in [2.05, 4.69) is 27.8 Å². The Hall–Kier alpha value is -1.36. The smallest absolute Gasteiger partial charge is 0.251 e. The Labute approximate surface area is 101 Å². The summed E-state index contributed by atoms with van der Waals surface area (Å²) in [5.41, 5.74) is 0.243. The first-order chi connectivity index (χ1) is 7.54. The van der Waals surface area contributed by atoms with Gasteiger partial charge in [-0.1, -0.05) is 22.5 Å². The molecule has 16 heavy (non-hydrogen) atoms. The second-order valence-electron chi connectivity index (χ2n) is 3.05. The van der Waals surface area contributed by atoms with Crippen LogP contribution in [0.4, 0.5) is 4.39 Å². The van der Waals surface area contributed by atoms with Crippen LogP contribution in [-0.4, -0.2) is 19.6 Å². The fraction of sp³-hybridized carbons (Fsp3) is 0.182. The summed E-state index contributed by atoms with van der Waals surface area (Å²) in [5, 5.41) is 2.57. The summed E-state index contributed by atoms with van der Waals surface area (Å²) >= 11 is 3.11. The normalized spacial score (nSPS) is 9.69. The molecule has 0 heterocycles. The monoisotopic (exact) mass is 287 g/mol. The van der Waals surface area contributed by atoms with Gasteiger partial charge in [-0.2, -0.15) is 0 Å². The van der Waals surface area contributed by atoms with E-state index >= 15 is 0 Å². The summed E-state index contributed by atoms with van der Waals surface area (Å²) in [6.07, 6.45) is 0. The Bertz CT molecular complexity index is 420. The van der Waals surface area contributed by atoms with Crippen molar-refractivity contribution in [3.63, 3.8) is 0 Å². The molecule has 0 unspecified atom stereocenters. The molecular formula is C11H11BrFNO2. The van der Waals surface area contributed by atoms with E-state index in [9.17, 15) is 9.18 Å². The van der Waals surface area contributed by atoms with Gasteiger partial charge in [-0.15, -0.1) is 0 Å². The summed E-state index contributed by atoms with van der Waals surface area (Å²) in [6.45, 7) is 3.87. The van der Waals surface area contributed by atoms with Gasteiger partial charge in [0.25, 0.3) is 5.91 Å². The number of halogens is 2. The third-order valence-corrected chi connectivity index (χ3v) is 2.14. The molecular weight excluding hydrogens is 277 g/mol. The fourth-order valence-electron chi connectivity index (χ4n) is 1.09. The van der Waals surface area contributed by atoms with Crippen LogP contribution in [0.3, 0.4) is 0 Å². The maximum absolute atomic E-state index is 13.3. The van der Waals surface area contributed by atoms with Crippen LogP contribution in [0, 0.1) is 5.82 Å². The molecule has 1 aromatic rings. The van der Waals surface area contributed by atoms with Gasteiger partial charge in [-0.3, -0.25) is 4.79 Å². The number of methoxy groups -OCH3 is 1. The average Bonchev–Trinajstić information content (AvgIpc) is 2.25. The number of rotatable bonds is 4. The Morgan fingerprint density at radius 2 is 2.31 bits per heavy atom. The van der Waals surface area contributed by atoms with Gasteiger partial charge in [-0.05, 0) is 18.2 Å². The molecule has 0 fully saturated rings. The maximum atomic E-state index is 13.3. The molecule has 5 heteroatoms. The first-order valence-electron chi connectivity index (χ1n) is 4.49. The zero-order chi connectivity index (χ0) is 12.1. The van der Waals surface area contributed by atoms with Crippen LogP contribution in [0.1, 0.15) is 10.4 Å². The van der Waals surface area contributed by atoms with Crippen molar-refractivity contribution in [2.45, 2.75) is 0 Å². The summed E-state index contributed by atoms with van der Waals surface area (Å²) in [6, 6.07) is 4.03. The van der Waals surface area contributed by atoms with Crippen LogP contribution in [0.25, 0.3) is 0 Å². The van der Waals surface area contributed by atoms with Gasteiger partial charge in [-0.25, -0.2) is 4.39 Å². The molecule has 0 aliphatic heterocycles. The van der Waals surface area contributed by atoms with Crippen LogP contribution >= 0.6 is 15.9 Å². The predicted molar refractivity (Wildman–Crippen MR) is 63.4 cm³/mol. The van der Waals surface area contributed by atoms with Gasteiger partial charge >= 0.3 is 0 Å². The minimum atomic E-state index is -0.562. The fourth-order valence-corrected chi connectivity index (χ4v) is 1.23. The van der Waals surface area contributed by atoms with Crippen LogP contribution in [0.15, 0.2) is 29.3 Å². The van der Waals surface area contributed by atoms with E-state index in [4.69, 9.17) is 4.74 Å². The predicted octanol–water partition coefficient (Wildman–Crippen LogP) is 2.47. The van der Waals surface area contributed by atoms with Gasteiger partial charge in [0, 0.05) is 16.6 Å². The van der Waals surface area contributed by atoms with Crippen LogP contribution < -0.4 is 10.1 Å². The second kappa shape index (κ2) is 5.65. The molecule has 0 radical (unpaired) electrons. The molecule has 1 rings (SSSR count). The first kappa shape index (κ1) is 12.7. The quantitative estimate of drug-likeness (QED) is 0.924. The Morgan fingerprint density at radius 1 is 1.62 bits per heavy atom.